The van der Waals surface area contributed by atoms with Crippen molar-refractivity contribution in [3.63, 3.8) is 0 Å². The predicted octanol–water partition coefficient (Wildman–Crippen LogP) is 3.85. The molecule has 1 heterocycles. The van der Waals surface area contributed by atoms with Crippen LogP contribution in [0.4, 0.5) is 5.69 Å². The van der Waals surface area contributed by atoms with Crippen LogP contribution >= 0.6 is 12.4 Å². The van der Waals surface area contributed by atoms with Crippen molar-refractivity contribution in [3.8, 4) is 0 Å². The Morgan fingerprint density at radius 3 is 2.34 bits per heavy atom. The summed E-state index contributed by atoms with van der Waals surface area (Å²) in [4.78, 5) is 29.3. The molecular formula is C23H30ClN3O2. The Bertz CT molecular complexity index is 805. The first kappa shape index (κ1) is 22.9. The largest absolute Gasteiger partial charge is 0.339 e. The van der Waals surface area contributed by atoms with E-state index in [1.54, 1.807) is 36.2 Å². The summed E-state index contributed by atoms with van der Waals surface area (Å²) in [6.45, 7) is 2.60. The highest BCUT2D eigenvalue weighted by molar-refractivity contribution is 6.07. The minimum absolute atomic E-state index is 0. The van der Waals surface area contributed by atoms with Crippen LogP contribution in [0, 0.1) is 5.92 Å². The van der Waals surface area contributed by atoms with E-state index >= 15 is 0 Å². The van der Waals surface area contributed by atoms with Gasteiger partial charge in [-0.25, -0.2) is 0 Å². The number of rotatable bonds is 6. The minimum Gasteiger partial charge on any atom is -0.339 e. The smallest absolute Gasteiger partial charge is 0.258 e. The number of hydrogen-bond acceptors (Lipinski definition) is 3. The fourth-order valence-electron chi connectivity index (χ4n) is 3.70. The molecule has 1 aliphatic rings. The van der Waals surface area contributed by atoms with Gasteiger partial charge in [0.2, 0.25) is 0 Å². The summed E-state index contributed by atoms with van der Waals surface area (Å²) in [7, 11) is 3.73. The number of likely N-dealkylation sites (tertiary alicyclic amines) is 1. The molecule has 0 atom stereocenters. The van der Waals surface area contributed by atoms with E-state index in [2.05, 4.69) is 5.32 Å². The van der Waals surface area contributed by atoms with Crippen LogP contribution in [-0.2, 0) is 0 Å². The first-order chi connectivity index (χ1) is 13.6. The molecule has 1 aliphatic heterocycles. The number of halogens is 1. The Morgan fingerprint density at radius 2 is 1.69 bits per heavy atom. The normalized spacial score (nSPS) is 14.2. The summed E-state index contributed by atoms with van der Waals surface area (Å²) in [5, 5.41) is 3.20. The number of para-hydroxylation sites is 1. The number of hydrogen-bond donors (Lipinski definition) is 1. The molecule has 29 heavy (non-hydrogen) atoms. The fraction of sp³-hybridized carbons (Fsp3) is 0.391. The standard InChI is InChI=1S/C23H29N3O2.ClH/c1-24-14-11-18-12-15-26(16-13-18)23(28)20-8-6-7-19(17-20)22(27)25(2)21-9-4-3-5-10-21;/h3-10,17-18,24H,11-16H2,1-2H3;1H. The lowest BCUT2D eigenvalue weighted by Gasteiger charge is -2.32. The first-order valence-corrected chi connectivity index (χ1v) is 9.97. The fourth-order valence-corrected chi connectivity index (χ4v) is 3.70. The van der Waals surface area contributed by atoms with Gasteiger partial charge in [-0.05, 0) is 69.1 Å². The Balaban J connectivity index is 0.00000300. The molecule has 0 spiro atoms. The molecule has 0 bridgehead atoms. The number of anilines is 1. The van der Waals surface area contributed by atoms with Gasteiger partial charge in [-0.15, -0.1) is 12.4 Å². The number of nitrogens with zero attached hydrogens (tertiary/aromatic N) is 2. The monoisotopic (exact) mass is 415 g/mol. The molecule has 1 N–H and O–H groups in total. The van der Waals surface area contributed by atoms with Crippen molar-refractivity contribution in [2.45, 2.75) is 19.3 Å². The predicted molar refractivity (Wildman–Crippen MR) is 120 cm³/mol. The third-order valence-corrected chi connectivity index (χ3v) is 5.51. The summed E-state index contributed by atoms with van der Waals surface area (Å²) in [6.07, 6.45) is 3.25. The molecule has 0 aliphatic carbocycles. The Morgan fingerprint density at radius 1 is 1.03 bits per heavy atom. The zero-order valence-electron chi connectivity index (χ0n) is 17.1. The van der Waals surface area contributed by atoms with Crippen LogP contribution in [0.15, 0.2) is 54.6 Å². The quantitative estimate of drug-likeness (QED) is 0.779. The SMILES string of the molecule is CNCCC1CCN(C(=O)c2cccc(C(=O)N(C)c3ccccc3)c2)CC1.Cl. The van der Waals surface area contributed by atoms with Crippen molar-refractivity contribution in [3.05, 3.63) is 65.7 Å². The van der Waals surface area contributed by atoms with Crippen LogP contribution in [0.1, 0.15) is 40.0 Å². The minimum atomic E-state index is -0.119. The van der Waals surface area contributed by atoms with Gasteiger partial charge in [0.1, 0.15) is 0 Å². The molecule has 156 valence electrons. The van der Waals surface area contributed by atoms with E-state index < -0.39 is 0 Å². The molecule has 0 aromatic heterocycles. The van der Waals surface area contributed by atoms with Gasteiger partial charge in [0, 0.05) is 37.0 Å². The number of nitrogens with one attached hydrogen (secondary N) is 1. The third kappa shape index (κ3) is 5.81. The van der Waals surface area contributed by atoms with Gasteiger partial charge in [-0.2, -0.15) is 0 Å². The van der Waals surface area contributed by atoms with E-state index in [9.17, 15) is 9.59 Å². The van der Waals surface area contributed by atoms with E-state index in [1.165, 1.54) is 0 Å². The molecule has 6 heteroatoms. The van der Waals surface area contributed by atoms with Crippen molar-refractivity contribution in [2.75, 3.05) is 38.6 Å². The Labute approximate surface area is 179 Å². The van der Waals surface area contributed by atoms with Crippen LogP contribution in [0.2, 0.25) is 0 Å². The number of amides is 2. The maximum absolute atomic E-state index is 12.9. The molecule has 0 saturated carbocycles. The van der Waals surface area contributed by atoms with Crippen molar-refractivity contribution in [1.29, 1.82) is 0 Å². The highest BCUT2D eigenvalue weighted by Gasteiger charge is 2.24. The van der Waals surface area contributed by atoms with Crippen LogP contribution in [0.5, 0.6) is 0 Å². The van der Waals surface area contributed by atoms with Gasteiger partial charge >= 0.3 is 0 Å². The van der Waals surface area contributed by atoms with Crippen molar-refractivity contribution >= 4 is 29.9 Å². The molecule has 2 amide bonds. The third-order valence-electron chi connectivity index (χ3n) is 5.51. The van der Waals surface area contributed by atoms with Crippen LogP contribution in [0.25, 0.3) is 0 Å². The zero-order valence-corrected chi connectivity index (χ0v) is 18.0. The van der Waals surface area contributed by atoms with Crippen LogP contribution in [-0.4, -0.2) is 50.4 Å². The van der Waals surface area contributed by atoms with Gasteiger partial charge in [0.15, 0.2) is 0 Å². The molecule has 5 nitrogen and oxygen atoms in total. The lowest BCUT2D eigenvalue weighted by Crippen LogP contribution is -2.39. The second-order valence-corrected chi connectivity index (χ2v) is 7.41. The summed E-state index contributed by atoms with van der Waals surface area (Å²) < 4.78 is 0. The average molecular weight is 416 g/mol. The second-order valence-electron chi connectivity index (χ2n) is 7.41. The first-order valence-electron chi connectivity index (χ1n) is 9.97. The number of benzene rings is 2. The summed E-state index contributed by atoms with van der Waals surface area (Å²) in [6, 6.07) is 16.6. The van der Waals surface area contributed by atoms with E-state index in [0.29, 0.717) is 17.0 Å². The summed E-state index contributed by atoms with van der Waals surface area (Å²) >= 11 is 0. The van der Waals surface area contributed by atoms with Crippen molar-refractivity contribution in [2.24, 2.45) is 5.92 Å². The molecule has 1 saturated heterocycles. The molecule has 0 radical (unpaired) electrons. The second kappa shape index (κ2) is 11.0. The number of piperidine rings is 1. The number of carbonyl (C=O) groups excluding carboxylic acids is 2. The maximum atomic E-state index is 12.9. The topological polar surface area (TPSA) is 52.7 Å². The van der Waals surface area contributed by atoms with Gasteiger partial charge < -0.3 is 15.1 Å². The number of carbonyl (C=O) groups is 2. The van der Waals surface area contributed by atoms with E-state index in [4.69, 9.17) is 0 Å². The van der Waals surface area contributed by atoms with Crippen molar-refractivity contribution < 1.29 is 9.59 Å². The Kier molecular flexibility index (Phi) is 8.68. The lowest BCUT2D eigenvalue weighted by atomic mass is 9.93. The maximum Gasteiger partial charge on any atom is 0.258 e. The van der Waals surface area contributed by atoms with Crippen LogP contribution in [0.3, 0.4) is 0 Å². The zero-order chi connectivity index (χ0) is 19.9. The highest BCUT2D eigenvalue weighted by Crippen LogP contribution is 2.22. The molecule has 0 unspecified atom stereocenters. The van der Waals surface area contributed by atoms with Crippen molar-refractivity contribution in [1.82, 2.24) is 10.2 Å². The summed E-state index contributed by atoms with van der Waals surface area (Å²) in [5.74, 6) is 0.583. The van der Waals surface area contributed by atoms with E-state index in [0.717, 1.165) is 44.6 Å². The summed E-state index contributed by atoms with van der Waals surface area (Å²) in [5.41, 5.74) is 1.94. The highest BCUT2D eigenvalue weighted by atomic mass is 35.5. The Hall–Kier alpha value is -2.37. The molecular weight excluding hydrogens is 386 g/mol. The lowest BCUT2D eigenvalue weighted by molar-refractivity contribution is 0.0687. The molecule has 2 aromatic carbocycles. The molecule has 1 fully saturated rings. The van der Waals surface area contributed by atoms with E-state index in [1.807, 2.05) is 42.3 Å². The van der Waals surface area contributed by atoms with Gasteiger partial charge in [0.05, 0.1) is 0 Å². The van der Waals surface area contributed by atoms with Crippen LogP contribution < -0.4 is 10.2 Å². The molecule has 3 rings (SSSR count). The van der Waals surface area contributed by atoms with E-state index in [-0.39, 0.29) is 24.2 Å². The average Bonchev–Trinajstić information content (AvgIpc) is 2.77. The molecule has 2 aromatic rings. The van der Waals surface area contributed by atoms with Gasteiger partial charge in [-0.3, -0.25) is 9.59 Å². The van der Waals surface area contributed by atoms with Gasteiger partial charge in [-0.1, -0.05) is 24.3 Å². The van der Waals surface area contributed by atoms with Gasteiger partial charge in [0.25, 0.3) is 11.8 Å².